The summed E-state index contributed by atoms with van der Waals surface area (Å²) in [7, 11) is 1.68. The minimum atomic E-state index is -0.0803. The lowest BCUT2D eigenvalue weighted by Crippen LogP contribution is -2.52. The van der Waals surface area contributed by atoms with E-state index in [1.54, 1.807) is 12.6 Å². The monoisotopic (exact) mass is 430 g/mol. The minimum absolute atomic E-state index is 0.0803. The number of piperazine rings is 1. The van der Waals surface area contributed by atoms with Crippen LogP contribution in [0.1, 0.15) is 22.3 Å². The molecule has 0 spiro atoms. The first-order valence-electron chi connectivity index (χ1n) is 10.2. The number of rotatable bonds is 7. The number of aliphatic imine (C=N–C) groups is 1. The molecule has 1 amide bonds. The van der Waals surface area contributed by atoms with Crippen molar-refractivity contribution in [3.8, 4) is 5.75 Å². The summed E-state index contributed by atoms with van der Waals surface area (Å²) in [6, 6.07) is 8.19. The average Bonchev–Trinajstić information content (AvgIpc) is 3.22. The Morgan fingerprint density at radius 1 is 1.20 bits per heavy atom. The van der Waals surface area contributed by atoms with Crippen LogP contribution in [0, 0.1) is 6.92 Å². The van der Waals surface area contributed by atoms with E-state index in [1.165, 1.54) is 17.0 Å². The van der Waals surface area contributed by atoms with Gasteiger partial charge in [0.15, 0.2) is 5.96 Å². The van der Waals surface area contributed by atoms with E-state index in [2.05, 4.69) is 44.5 Å². The highest BCUT2D eigenvalue weighted by atomic mass is 32.1. The van der Waals surface area contributed by atoms with Crippen LogP contribution in [-0.4, -0.2) is 74.7 Å². The molecule has 2 N–H and O–H groups in total. The maximum absolute atomic E-state index is 12.2. The van der Waals surface area contributed by atoms with Gasteiger partial charge in [0.05, 0.1) is 24.9 Å². The molecule has 9 heteroatoms. The number of thiazole rings is 1. The van der Waals surface area contributed by atoms with E-state index >= 15 is 0 Å². The van der Waals surface area contributed by atoms with Crippen molar-refractivity contribution >= 4 is 28.9 Å². The number of benzene rings is 1. The highest BCUT2D eigenvalue weighted by Crippen LogP contribution is 2.20. The fourth-order valence-corrected chi connectivity index (χ4v) is 4.05. The van der Waals surface area contributed by atoms with Gasteiger partial charge in [-0.25, -0.2) is 4.98 Å². The second-order valence-corrected chi connectivity index (χ2v) is 7.79. The number of guanidine groups is 1. The van der Waals surface area contributed by atoms with E-state index in [0.29, 0.717) is 18.0 Å². The van der Waals surface area contributed by atoms with Gasteiger partial charge in [0.25, 0.3) is 5.91 Å². The van der Waals surface area contributed by atoms with Gasteiger partial charge in [-0.3, -0.25) is 9.79 Å². The van der Waals surface area contributed by atoms with Crippen LogP contribution in [0.3, 0.4) is 0 Å². The first-order valence-corrected chi connectivity index (χ1v) is 11.1. The van der Waals surface area contributed by atoms with Crippen molar-refractivity contribution in [1.82, 2.24) is 20.5 Å². The number of carbonyl (C=O) groups is 1. The number of anilines is 1. The molecular formula is C21H30N6O2S. The van der Waals surface area contributed by atoms with Crippen LogP contribution in [0.2, 0.25) is 0 Å². The van der Waals surface area contributed by atoms with Gasteiger partial charge in [0, 0.05) is 45.0 Å². The lowest BCUT2D eigenvalue weighted by atomic mass is 10.2. The summed E-state index contributed by atoms with van der Waals surface area (Å²) < 4.78 is 5.24. The van der Waals surface area contributed by atoms with Crippen LogP contribution in [-0.2, 0) is 0 Å². The van der Waals surface area contributed by atoms with Crippen molar-refractivity contribution in [1.29, 1.82) is 0 Å². The molecule has 30 heavy (non-hydrogen) atoms. The SMILES string of the molecule is CCNC(=NCCNC(=O)c1scnc1C)N1CCN(c2ccc(OC)cc2)CC1. The zero-order valence-corrected chi connectivity index (χ0v) is 18.7. The fourth-order valence-electron chi connectivity index (χ4n) is 3.33. The summed E-state index contributed by atoms with van der Waals surface area (Å²) in [6.07, 6.45) is 0. The third kappa shape index (κ3) is 5.63. The third-order valence-electron chi connectivity index (χ3n) is 4.96. The zero-order chi connectivity index (χ0) is 21.3. The Morgan fingerprint density at radius 3 is 2.53 bits per heavy atom. The van der Waals surface area contributed by atoms with Crippen molar-refractivity contribution in [3.05, 3.63) is 40.3 Å². The molecule has 1 saturated heterocycles. The zero-order valence-electron chi connectivity index (χ0n) is 17.9. The largest absolute Gasteiger partial charge is 0.497 e. The smallest absolute Gasteiger partial charge is 0.263 e. The molecule has 2 heterocycles. The number of aromatic nitrogens is 1. The number of methoxy groups -OCH3 is 1. The van der Waals surface area contributed by atoms with E-state index < -0.39 is 0 Å². The van der Waals surface area contributed by atoms with Gasteiger partial charge in [-0.2, -0.15) is 0 Å². The van der Waals surface area contributed by atoms with Crippen molar-refractivity contribution in [2.24, 2.45) is 4.99 Å². The molecule has 162 valence electrons. The van der Waals surface area contributed by atoms with Crippen LogP contribution in [0.4, 0.5) is 5.69 Å². The molecule has 0 radical (unpaired) electrons. The minimum Gasteiger partial charge on any atom is -0.497 e. The number of carbonyl (C=O) groups excluding carboxylic acids is 1. The van der Waals surface area contributed by atoms with Gasteiger partial charge in [-0.05, 0) is 38.1 Å². The summed E-state index contributed by atoms with van der Waals surface area (Å²) in [5.41, 5.74) is 3.67. The number of nitrogens with zero attached hydrogens (tertiary/aromatic N) is 4. The van der Waals surface area contributed by atoms with Crippen LogP contribution in [0.25, 0.3) is 0 Å². The van der Waals surface area contributed by atoms with Gasteiger partial charge in [0.1, 0.15) is 10.6 Å². The van der Waals surface area contributed by atoms with Crippen molar-refractivity contribution in [2.75, 3.05) is 57.8 Å². The van der Waals surface area contributed by atoms with Crippen molar-refractivity contribution in [2.45, 2.75) is 13.8 Å². The molecule has 1 aromatic carbocycles. The molecule has 2 aromatic rings. The first-order chi connectivity index (χ1) is 14.6. The van der Waals surface area contributed by atoms with Gasteiger partial charge in [-0.15, -0.1) is 11.3 Å². The maximum Gasteiger partial charge on any atom is 0.263 e. The summed E-state index contributed by atoms with van der Waals surface area (Å²) in [5.74, 6) is 1.69. The highest BCUT2D eigenvalue weighted by molar-refractivity contribution is 7.11. The number of aryl methyl sites for hydroxylation is 1. The normalized spacial score (nSPS) is 14.6. The standard InChI is InChI=1S/C21H30N6O2S/c1-4-22-21(24-10-9-23-20(28)19-16(2)25-15-30-19)27-13-11-26(12-14-27)17-5-7-18(29-3)8-6-17/h5-8,15H,4,9-14H2,1-3H3,(H,22,24)(H,23,28). The summed E-state index contributed by atoms with van der Waals surface area (Å²) in [5, 5.41) is 6.29. The molecule has 1 fully saturated rings. The quantitative estimate of drug-likeness (QED) is 0.397. The lowest BCUT2D eigenvalue weighted by Gasteiger charge is -2.37. The van der Waals surface area contributed by atoms with E-state index in [0.717, 1.165) is 50.1 Å². The number of amides is 1. The second-order valence-electron chi connectivity index (χ2n) is 6.93. The van der Waals surface area contributed by atoms with Crippen LogP contribution in [0.15, 0.2) is 34.8 Å². The third-order valence-corrected chi connectivity index (χ3v) is 5.89. The first kappa shape index (κ1) is 21.9. The molecule has 8 nitrogen and oxygen atoms in total. The number of hydrogen-bond acceptors (Lipinski definition) is 6. The molecule has 1 aliphatic rings. The molecular weight excluding hydrogens is 400 g/mol. The van der Waals surface area contributed by atoms with Crippen LogP contribution < -0.4 is 20.3 Å². The van der Waals surface area contributed by atoms with Gasteiger partial charge in [0.2, 0.25) is 0 Å². The Balaban J connectivity index is 1.49. The van der Waals surface area contributed by atoms with Crippen LogP contribution >= 0.6 is 11.3 Å². The maximum atomic E-state index is 12.2. The molecule has 1 aromatic heterocycles. The molecule has 0 bridgehead atoms. The highest BCUT2D eigenvalue weighted by Gasteiger charge is 2.20. The second kappa shape index (κ2) is 10.8. The molecule has 3 rings (SSSR count). The number of hydrogen-bond donors (Lipinski definition) is 2. The topological polar surface area (TPSA) is 82.1 Å². The fraction of sp³-hybridized carbons (Fsp3) is 0.476. The van der Waals surface area contributed by atoms with E-state index in [4.69, 9.17) is 9.73 Å². The molecule has 0 saturated carbocycles. The van der Waals surface area contributed by atoms with Gasteiger partial charge < -0.3 is 25.2 Å². The van der Waals surface area contributed by atoms with Crippen molar-refractivity contribution < 1.29 is 9.53 Å². The Morgan fingerprint density at radius 2 is 1.93 bits per heavy atom. The molecule has 1 aliphatic heterocycles. The number of nitrogens with one attached hydrogen (secondary N) is 2. The average molecular weight is 431 g/mol. The molecule has 0 aliphatic carbocycles. The summed E-state index contributed by atoms with van der Waals surface area (Å²) in [6.45, 7) is 9.40. The number of ether oxygens (including phenoxy) is 1. The Bertz CT molecular complexity index is 843. The predicted octanol–water partition coefficient (Wildman–Crippen LogP) is 1.98. The lowest BCUT2D eigenvalue weighted by molar-refractivity contribution is 0.0958. The summed E-state index contributed by atoms with van der Waals surface area (Å²) >= 11 is 1.36. The van der Waals surface area contributed by atoms with E-state index in [9.17, 15) is 4.79 Å². The Kier molecular flexibility index (Phi) is 7.89. The Labute approximate surface area is 182 Å². The molecule has 0 unspecified atom stereocenters. The summed E-state index contributed by atoms with van der Waals surface area (Å²) in [4.78, 5) is 26.3. The van der Waals surface area contributed by atoms with E-state index in [-0.39, 0.29) is 5.91 Å². The predicted molar refractivity (Wildman–Crippen MR) is 122 cm³/mol. The van der Waals surface area contributed by atoms with Gasteiger partial charge in [-0.1, -0.05) is 0 Å². The molecule has 0 atom stereocenters. The van der Waals surface area contributed by atoms with Crippen LogP contribution in [0.5, 0.6) is 5.75 Å². The van der Waals surface area contributed by atoms with Gasteiger partial charge >= 0.3 is 0 Å². The van der Waals surface area contributed by atoms with Crippen molar-refractivity contribution in [3.63, 3.8) is 0 Å². The van der Waals surface area contributed by atoms with E-state index in [1.807, 2.05) is 19.1 Å². The Hall–Kier alpha value is -2.81.